The van der Waals surface area contributed by atoms with E-state index in [1.54, 1.807) is 7.11 Å². The van der Waals surface area contributed by atoms with E-state index in [1.165, 1.54) is 6.33 Å². The number of benzene rings is 1. The fourth-order valence-corrected chi connectivity index (χ4v) is 1.78. The number of ether oxygens (including phenoxy) is 1. The average Bonchev–Trinajstić information content (AvgIpc) is 2.37. The molecule has 1 heterocycles. The van der Waals surface area contributed by atoms with Crippen molar-refractivity contribution in [1.82, 2.24) is 9.97 Å². The van der Waals surface area contributed by atoms with E-state index in [4.69, 9.17) is 4.74 Å². The largest absolute Gasteiger partial charge is 0.497 e. The predicted octanol–water partition coefficient (Wildman–Crippen LogP) is 2.59. The number of aryl methyl sites for hydroxylation is 1. The summed E-state index contributed by atoms with van der Waals surface area (Å²) in [5.41, 5.74) is 1.64. The number of anilines is 2. The fraction of sp³-hybridized carbons (Fsp3) is 0.167. The molecule has 0 amide bonds. The Hall–Kier alpha value is -1.82. The first-order valence-corrected chi connectivity index (χ1v) is 6.06. The third-order valence-corrected chi connectivity index (χ3v) is 3.23. The molecule has 1 aromatic heterocycles. The van der Waals surface area contributed by atoms with Crippen molar-refractivity contribution >= 4 is 27.4 Å². The Morgan fingerprint density at radius 2 is 2.22 bits per heavy atom. The minimum absolute atomic E-state index is 0.229. The summed E-state index contributed by atoms with van der Waals surface area (Å²) < 4.78 is 5.53. The minimum Gasteiger partial charge on any atom is -0.497 e. The highest BCUT2D eigenvalue weighted by Crippen LogP contribution is 2.26. The van der Waals surface area contributed by atoms with Crippen molar-refractivity contribution in [1.29, 1.82) is 0 Å². The summed E-state index contributed by atoms with van der Waals surface area (Å²) >= 11 is 3.20. The highest BCUT2D eigenvalue weighted by Gasteiger charge is 2.07. The molecule has 5 nitrogen and oxygen atoms in total. The molecule has 0 atom stereocenters. The number of aromatic amines is 1. The highest BCUT2D eigenvalue weighted by atomic mass is 79.9. The number of hydrogen-bond donors (Lipinski definition) is 2. The zero-order valence-corrected chi connectivity index (χ0v) is 11.5. The van der Waals surface area contributed by atoms with E-state index in [0.29, 0.717) is 10.3 Å². The van der Waals surface area contributed by atoms with Crippen LogP contribution in [0.5, 0.6) is 5.75 Å². The number of H-pyrrole nitrogens is 1. The first-order valence-electron chi connectivity index (χ1n) is 5.26. The van der Waals surface area contributed by atoms with Gasteiger partial charge in [0.2, 0.25) is 0 Å². The Labute approximate surface area is 112 Å². The smallest absolute Gasteiger partial charge is 0.267 e. The lowest BCUT2D eigenvalue weighted by Crippen LogP contribution is -2.10. The lowest BCUT2D eigenvalue weighted by Gasteiger charge is -2.11. The molecule has 94 valence electrons. The van der Waals surface area contributed by atoms with E-state index in [0.717, 1.165) is 17.0 Å². The van der Waals surface area contributed by atoms with E-state index in [1.807, 2.05) is 25.1 Å². The van der Waals surface area contributed by atoms with Crippen LogP contribution in [0.3, 0.4) is 0 Å². The molecule has 0 bridgehead atoms. The molecule has 6 heteroatoms. The zero-order valence-electron chi connectivity index (χ0n) is 9.95. The molecule has 0 radical (unpaired) electrons. The topological polar surface area (TPSA) is 67.0 Å². The maximum absolute atomic E-state index is 11.4. The molecule has 0 saturated heterocycles. The predicted molar refractivity (Wildman–Crippen MR) is 73.6 cm³/mol. The summed E-state index contributed by atoms with van der Waals surface area (Å²) in [7, 11) is 1.61. The fourth-order valence-electron chi connectivity index (χ4n) is 1.46. The van der Waals surface area contributed by atoms with Crippen LogP contribution in [0, 0.1) is 6.92 Å². The van der Waals surface area contributed by atoms with Crippen molar-refractivity contribution in [3.05, 3.63) is 44.9 Å². The van der Waals surface area contributed by atoms with Crippen LogP contribution in [0.2, 0.25) is 0 Å². The number of halogens is 1. The van der Waals surface area contributed by atoms with Crippen LogP contribution < -0.4 is 15.6 Å². The molecule has 0 aliphatic carbocycles. The lowest BCUT2D eigenvalue weighted by molar-refractivity contribution is 0.415. The van der Waals surface area contributed by atoms with Crippen LogP contribution in [0.15, 0.2) is 33.8 Å². The first kappa shape index (κ1) is 12.6. The van der Waals surface area contributed by atoms with Gasteiger partial charge < -0.3 is 15.0 Å². The summed E-state index contributed by atoms with van der Waals surface area (Å²) in [6.07, 6.45) is 1.35. The van der Waals surface area contributed by atoms with Crippen molar-refractivity contribution in [2.24, 2.45) is 0 Å². The number of nitrogens with zero attached hydrogens (tertiary/aromatic N) is 1. The van der Waals surface area contributed by atoms with Gasteiger partial charge in [-0.1, -0.05) is 6.07 Å². The van der Waals surface area contributed by atoms with Gasteiger partial charge in [-0.2, -0.15) is 0 Å². The number of methoxy groups -OCH3 is 1. The van der Waals surface area contributed by atoms with Gasteiger partial charge in [0.25, 0.3) is 5.56 Å². The van der Waals surface area contributed by atoms with Crippen LogP contribution >= 0.6 is 15.9 Å². The molecule has 0 aliphatic heterocycles. The molecule has 0 saturated carbocycles. The van der Waals surface area contributed by atoms with Gasteiger partial charge in [-0.15, -0.1) is 0 Å². The van der Waals surface area contributed by atoms with Gasteiger partial charge in [-0.05, 0) is 34.5 Å². The van der Waals surface area contributed by atoms with Crippen molar-refractivity contribution in [2.45, 2.75) is 6.92 Å². The first-order chi connectivity index (χ1) is 8.61. The maximum atomic E-state index is 11.4. The minimum atomic E-state index is -0.229. The van der Waals surface area contributed by atoms with E-state index in [2.05, 4.69) is 31.2 Å². The summed E-state index contributed by atoms with van der Waals surface area (Å²) in [6.45, 7) is 1.96. The monoisotopic (exact) mass is 309 g/mol. The molecule has 0 aliphatic rings. The molecule has 2 N–H and O–H groups in total. The molecule has 1 aromatic carbocycles. The van der Waals surface area contributed by atoms with Gasteiger partial charge in [0, 0.05) is 11.8 Å². The van der Waals surface area contributed by atoms with Gasteiger partial charge >= 0.3 is 0 Å². The Bertz CT molecular complexity index is 625. The number of aromatic nitrogens is 2. The molecule has 0 fully saturated rings. The summed E-state index contributed by atoms with van der Waals surface area (Å²) in [4.78, 5) is 18.0. The van der Waals surface area contributed by atoms with Gasteiger partial charge in [0.05, 0.1) is 13.4 Å². The van der Waals surface area contributed by atoms with Gasteiger partial charge in [-0.25, -0.2) is 4.98 Å². The molecule has 18 heavy (non-hydrogen) atoms. The van der Waals surface area contributed by atoms with E-state index >= 15 is 0 Å². The van der Waals surface area contributed by atoms with Crippen LogP contribution in [0.25, 0.3) is 0 Å². The molecule has 2 aromatic rings. The lowest BCUT2D eigenvalue weighted by atomic mass is 10.2. The third kappa shape index (κ3) is 2.53. The SMILES string of the molecule is COc1ccc(C)c(Nc2nc[nH]c(=O)c2Br)c1. The number of rotatable bonds is 3. The second-order valence-corrected chi connectivity index (χ2v) is 4.49. The van der Waals surface area contributed by atoms with Crippen LogP contribution in [-0.2, 0) is 0 Å². The van der Waals surface area contributed by atoms with Crippen LogP contribution in [0.4, 0.5) is 11.5 Å². The zero-order chi connectivity index (χ0) is 13.1. The van der Waals surface area contributed by atoms with Crippen molar-refractivity contribution < 1.29 is 4.74 Å². The van der Waals surface area contributed by atoms with Crippen LogP contribution in [-0.4, -0.2) is 17.1 Å². The quantitative estimate of drug-likeness (QED) is 0.914. The molecular weight excluding hydrogens is 298 g/mol. The van der Waals surface area contributed by atoms with Crippen LogP contribution in [0.1, 0.15) is 5.56 Å². The van der Waals surface area contributed by atoms with Gasteiger partial charge in [-0.3, -0.25) is 4.79 Å². The Kier molecular flexibility index (Phi) is 3.66. The number of hydrogen-bond acceptors (Lipinski definition) is 4. The Morgan fingerprint density at radius 1 is 1.44 bits per heavy atom. The normalized spacial score (nSPS) is 10.2. The summed E-state index contributed by atoms with van der Waals surface area (Å²) in [5, 5.41) is 3.10. The second-order valence-electron chi connectivity index (χ2n) is 3.70. The van der Waals surface area contributed by atoms with E-state index in [-0.39, 0.29) is 5.56 Å². The molecule has 2 rings (SSSR count). The van der Waals surface area contributed by atoms with Crippen molar-refractivity contribution in [3.8, 4) is 5.75 Å². The van der Waals surface area contributed by atoms with Gasteiger partial charge in [0.1, 0.15) is 10.2 Å². The van der Waals surface area contributed by atoms with Crippen molar-refractivity contribution in [3.63, 3.8) is 0 Å². The number of nitrogens with one attached hydrogen (secondary N) is 2. The third-order valence-electron chi connectivity index (χ3n) is 2.49. The second kappa shape index (κ2) is 5.22. The average molecular weight is 310 g/mol. The van der Waals surface area contributed by atoms with Crippen molar-refractivity contribution in [2.75, 3.05) is 12.4 Å². The summed E-state index contributed by atoms with van der Waals surface area (Å²) in [5.74, 6) is 1.21. The maximum Gasteiger partial charge on any atom is 0.267 e. The molecular formula is C12H12BrN3O2. The van der Waals surface area contributed by atoms with Gasteiger partial charge in [0.15, 0.2) is 5.82 Å². The van der Waals surface area contributed by atoms with E-state index in [9.17, 15) is 4.79 Å². The summed E-state index contributed by atoms with van der Waals surface area (Å²) in [6, 6.07) is 5.66. The highest BCUT2D eigenvalue weighted by molar-refractivity contribution is 9.10. The van der Waals surface area contributed by atoms with E-state index < -0.39 is 0 Å². The molecule has 0 spiro atoms. The Balaban J connectivity index is 2.39. The Morgan fingerprint density at radius 3 is 2.94 bits per heavy atom. The standard InChI is InChI=1S/C12H12BrN3O2/c1-7-3-4-8(18-2)5-9(7)16-11-10(13)12(17)15-6-14-11/h3-6H,1-2H3,(H2,14,15,16,17). The molecule has 0 unspecified atom stereocenters.